The van der Waals surface area contributed by atoms with Gasteiger partial charge in [-0.15, -0.1) is 0 Å². The van der Waals surface area contributed by atoms with Crippen LogP contribution in [0.15, 0.2) is 12.4 Å². The number of nitrogens with two attached hydrogens (primary N) is 1. The van der Waals surface area contributed by atoms with Gasteiger partial charge in [0.1, 0.15) is 12.4 Å². The summed E-state index contributed by atoms with van der Waals surface area (Å²) in [5.41, 5.74) is 5.54. The largest absolute Gasteiger partial charge is 0.370 e. The Bertz CT molecular complexity index is 291. The number of aryl methyl sites for hydroxylation is 1. The summed E-state index contributed by atoms with van der Waals surface area (Å²) >= 11 is 0. The molecule has 78 valence electrons. The van der Waals surface area contributed by atoms with Crippen LogP contribution in [-0.4, -0.2) is 22.2 Å². The van der Waals surface area contributed by atoms with Gasteiger partial charge in [0, 0.05) is 19.4 Å². The number of aromatic nitrogens is 2. The van der Waals surface area contributed by atoms with Gasteiger partial charge in [0.25, 0.3) is 0 Å². The Balaban J connectivity index is 1.72. The third-order valence-corrected chi connectivity index (χ3v) is 2.89. The van der Waals surface area contributed by atoms with Gasteiger partial charge in [0.05, 0.1) is 6.10 Å². The first-order valence-corrected chi connectivity index (χ1v) is 5.07. The Kier molecular flexibility index (Phi) is 2.84. The molecular formula is C10H17N3O. The zero-order valence-corrected chi connectivity index (χ0v) is 8.52. The van der Waals surface area contributed by atoms with Gasteiger partial charge >= 0.3 is 0 Å². The molecule has 0 unspecified atom stereocenters. The fourth-order valence-corrected chi connectivity index (χ4v) is 1.73. The van der Waals surface area contributed by atoms with Gasteiger partial charge in [-0.2, -0.15) is 0 Å². The molecule has 0 saturated heterocycles. The van der Waals surface area contributed by atoms with Crippen LogP contribution in [0.25, 0.3) is 0 Å². The van der Waals surface area contributed by atoms with Crippen molar-refractivity contribution in [3.05, 3.63) is 18.2 Å². The average Bonchev–Trinajstić information content (AvgIpc) is 2.49. The highest BCUT2D eigenvalue weighted by molar-refractivity contribution is 4.89. The van der Waals surface area contributed by atoms with Crippen LogP contribution in [0.4, 0.5) is 0 Å². The number of ether oxygens (including phenoxy) is 1. The quantitative estimate of drug-likeness (QED) is 0.768. The van der Waals surface area contributed by atoms with Crippen LogP contribution in [0.1, 0.15) is 18.7 Å². The van der Waals surface area contributed by atoms with Crippen molar-refractivity contribution in [2.75, 3.05) is 6.54 Å². The first-order chi connectivity index (χ1) is 6.79. The van der Waals surface area contributed by atoms with Crippen LogP contribution in [0.5, 0.6) is 0 Å². The molecule has 2 rings (SSSR count). The predicted molar refractivity (Wildman–Crippen MR) is 53.6 cm³/mol. The summed E-state index contributed by atoms with van der Waals surface area (Å²) in [6.45, 7) is 1.41. The predicted octanol–water partition coefficient (Wildman–Crippen LogP) is 0.674. The molecule has 1 heterocycles. The minimum Gasteiger partial charge on any atom is -0.370 e. The topological polar surface area (TPSA) is 53.1 Å². The zero-order chi connectivity index (χ0) is 9.97. The van der Waals surface area contributed by atoms with Gasteiger partial charge in [0.2, 0.25) is 0 Å². The van der Waals surface area contributed by atoms with Gasteiger partial charge in [-0.1, -0.05) is 0 Å². The van der Waals surface area contributed by atoms with Crippen molar-refractivity contribution in [2.45, 2.75) is 25.6 Å². The van der Waals surface area contributed by atoms with Crippen LogP contribution in [-0.2, 0) is 18.4 Å². The number of hydrogen-bond donors (Lipinski definition) is 1. The third-order valence-electron chi connectivity index (χ3n) is 2.89. The summed E-state index contributed by atoms with van der Waals surface area (Å²) in [4.78, 5) is 4.20. The minimum atomic E-state index is 0.403. The summed E-state index contributed by atoms with van der Waals surface area (Å²) in [6.07, 6.45) is 6.35. The monoisotopic (exact) mass is 195 g/mol. The number of nitrogens with zero attached hydrogens (tertiary/aromatic N) is 2. The molecule has 1 aliphatic rings. The first kappa shape index (κ1) is 9.68. The van der Waals surface area contributed by atoms with E-state index in [4.69, 9.17) is 10.5 Å². The Labute approximate surface area is 84.1 Å². The average molecular weight is 195 g/mol. The fraction of sp³-hybridized carbons (Fsp3) is 0.700. The smallest absolute Gasteiger partial charge is 0.134 e. The third kappa shape index (κ3) is 1.96. The Hall–Kier alpha value is -0.870. The summed E-state index contributed by atoms with van der Waals surface area (Å²) in [5, 5.41) is 0. The van der Waals surface area contributed by atoms with E-state index in [1.165, 1.54) is 0 Å². The SMILES string of the molecule is Cn1ccnc1COC1CC(CN)C1. The molecule has 0 radical (unpaired) electrons. The van der Waals surface area contributed by atoms with E-state index in [0.29, 0.717) is 18.6 Å². The highest BCUT2D eigenvalue weighted by Gasteiger charge is 2.28. The molecule has 2 N–H and O–H groups in total. The minimum absolute atomic E-state index is 0.403. The van der Waals surface area contributed by atoms with E-state index in [-0.39, 0.29) is 0 Å². The second kappa shape index (κ2) is 4.11. The zero-order valence-electron chi connectivity index (χ0n) is 8.52. The van der Waals surface area contributed by atoms with Crippen molar-refractivity contribution in [2.24, 2.45) is 18.7 Å². The van der Waals surface area contributed by atoms with Gasteiger partial charge < -0.3 is 15.0 Å². The molecule has 0 atom stereocenters. The number of imidazole rings is 1. The molecule has 4 heteroatoms. The number of rotatable bonds is 4. The van der Waals surface area contributed by atoms with Crippen molar-refractivity contribution in [1.82, 2.24) is 9.55 Å². The van der Waals surface area contributed by atoms with E-state index < -0.39 is 0 Å². The lowest BCUT2D eigenvalue weighted by atomic mass is 9.82. The molecule has 1 saturated carbocycles. The molecule has 1 aliphatic carbocycles. The Morgan fingerprint density at radius 1 is 1.64 bits per heavy atom. The van der Waals surface area contributed by atoms with Gasteiger partial charge in [-0.25, -0.2) is 4.98 Å². The van der Waals surface area contributed by atoms with Gasteiger partial charge in [0.15, 0.2) is 0 Å². The first-order valence-electron chi connectivity index (χ1n) is 5.07. The van der Waals surface area contributed by atoms with Crippen molar-refractivity contribution < 1.29 is 4.74 Å². The van der Waals surface area contributed by atoms with Crippen molar-refractivity contribution >= 4 is 0 Å². The van der Waals surface area contributed by atoms with Crippen LogP contribution >= 0.6 is 0 Å². The maximum atomic E-state index is 5.70. The Morgan fingerprint density at radius 2 is 2.43 bits per heavy atom. The Morgan fingerprint density at radius 3 is 3.00 bits per heavy atom. The molecule has 1 fully saturated rings. The summed E-state index contributed by atoms with van der Waals surface area (Å²) in [5.74, 6) is 1.67. The highest BCUT2D eigenvalue weighted by Crippen LogP contribution is 2.29. The van der Waals surface area contributed by atoms with Gasteiger partial charge in [-0.3, -0.25) is 0 Å². The molecule has 0 amide bonds. The molecule has 0 bridgehead atoms. The van der Waals surface area contributed by atoms with E-state index in [1.54, 1.807) is 6.20 Å². The van der Waals surface area contributed by atoms with Crippen LogP contribution < -0.4 is 5.73 Å². The maximum Gasteiger partial charge on any atom is 0.134 e. The van der Waals surface area contributed by atoms with E-state index in [2.05, 4.69) is 4.98 Å². The molecule has 0 spiro atoms. The molecular weight excluding hydrogens is 178 g/mol. The van der Waals surface area contributed by atoms with Crippen molar-refractivity contribution in [1.29, 1.82) is 0 Å². The van der Waals surface area contributed by atoms with E-state index >= 15 is 0 Å². The molecule has 1 aromatic heterocycles. The summed E-state index contributed by atoms with van der Waals surface area (Å²) in [6, 6.07) is 0. The summed E-state index contributed by atoms with van der Waals surface area (Å²) in [7, 11) is 1.98. The second-order valence-corrected chi connectivity index (χ2v) is 3.96. The molecule has 1 aromatic rings. The standard InChI is InChI=1S/C10H17N3O/c1-13-3-2-12-10(13)7-14-9-4-8(5-9)6-11/h2-3,8-9H,4-7,11H2,1H3. The highest BCUT2D eigenvalue weighted by atomic mass is 16.5. The van der Waals surface area contributed by atoms with Crippen LogP contribution in [0, 0.1) is 5.92 Å². The lowest BCUT2D eigenvalue weighted by Gasteiger charge is -2.34. The normalized spacial score (nSPS) is 26.1. The van der Waals surface area contributed by atoms with E-state index in [1.807, 2.05) is 17.8 Å². The van der Waals surface area contributed by atoms with Crippen LogP contribution in [0.2, 0.25) is 0 Å². The van der Waals surface area contributed by atoms with Crippen molar-refractivity contribution in [3.8, 4) is 0 Å². The van der Waals surface area contributed by atoms with Crippen LogP contribution in [0.3, 0.4) is 0 Å². The maximum absolute atomic E-state index is 5.70. The van der Waals surface area contributed by atoms with Gasteiger partial charge in [-0.05, 0) is 25.3 Å². The second-order valence-electron chi connectivity index (χ2n) is 3.96. The summed E-state index contributed by atoms with van der Waals surface area (Å²) < 4.78 is 7.68. The van der Waals surface area contributed by atoms with E-state index in [9.17, 15) is 0 Å². The fourth-order valence-electron chi connectivity index (χ4n) is 1.73. The lowest BCUT2D eigenvalue weighted by molar-refractivity contribution is -0.0406. The number of hydrogen-bond acceptors (Lipinski definition) is 3. The molecule has 4 nitrogen and oxygen atoms in total. The molecule has 0 aliphatic heterocycles. The van der Waals surface area contributed by atoms with E-state index in [0.717, 1.165) is 25.2 Å². The lowest BCUT2D eigenvalue weighted by Crippen LogP contribution is -2.35. The van der Waals surface area contributed by atoms with Crippen molar-refractivity contribution in [3.63, 3.8) is 0 Å². The molecule has 0 aromatic carbocycles. The molecule has 14 heavy (non-hydrogen) atoms.